The maximum Gasteiger partial charge on any atom is 0.284 e. The average Bonchev–Trinajstić information content (AvgIpc) is 2.97. The van der Waals surface area contributed by atoms with Crippen LogP contribution in [0.1, 0.15) is 28.3 Å². The van der Waals surface area contributed by atoms with Gasteiger partial charge in [0.2, 0.25) is 0 Å². The molecule has 1 fully saturated rings. The summed E-state index contributed by atoms with van der Waals surface area (Å²) in [5.74, 6) is -0.559. The molecule has 0 radical (unpaired) electrons. The molecule has 1 amide bonds. The predicted octanol–water partition coefficient (Wildman–Crippen LogP) is 2.14. The highest BCUT2D eigenvalue weighted by Crippen LogP contribution is 2.27. The molecule has 9 heteroatoms. The van der Waals surface area contributed by atoms with E-state index in [9.17, 15) is 13.6 Å². The van der Waals surface area contributed by atoms with Crippen molar-refractivity contribution in [3.63, 3.8) is 0 Å². The highest BCUT2D eigenvalue weighted by molar-refractivity contribution is 6.04. The zero-order valence-electron chi connectivity index (χ0n) is 13.1. The molecule has 1 saturated heterocycles. The number of halogens is 2. The van der Waals surface area contributed by atoms with Gasteiger partial charge in [-0.25, -0.2) is 8.78 Å². The second-order valence-corrected chi connectivity index (χ2v) is 5.36. The molecule has 24 heavy (non-hydrogen) atoms. The molecule has 2 aromatic rings. The van der Waals surface area contributed by atoms with Gasteiger partial charge in [0.15, 0.2) is 5.69 Å². The lowest BCUT2D eigenvalue weighted by Gasteiger charge is -2.28. The number of carbonyl (C=O) groups excluding carboxylic acids is 1. The summed E-state index contributed by atoms with van der Waals surface area (Å²) >= 11 is 0. The van der Waals surface area contributed by atoms with Crippen LogP contribution in [-0.4, -0.2) is 47.4 Å². The Morgan fingerprint density at radius 2 is 2.17 bits per heavy atom. The van der Waals surface area contributed by atoms with Crippen LogP contribution in [0, 0.1) is 6.92 Å². The maximum atomic E-state index is 12.9. The number of aromatic nitrogens is 3. The van der Waals surface area contributed by atoms with Crippen molar-refractivity contribution in [1.29, 1.82) is 0 Å². The standard InChI is InChI=1S/C15H17F2N5O2/c1-9-12(13(14(16)17)21-20-9)19-15(23)11-8-10(2-3-18-11)22-4-6-24-7-5-22/h2-3,8,14H,4-7H2,1H3,(H,19,23)(H,20,21). The second-order valence-electron chi connectivity index (χ2n) is 5.36. The van der Waals surface area contributed by atoms with Crippen molar-refractivity contribution in [2.45, 2.75) is 13.3 Å². The van der Waals surface area contributed by atoms with Gasteiger partial charge in [-0.2, -0.15) is 5.10 Å². The van der Waals surface area contributed by atoms with Crippen molar-refractivity contribution in [2.24, 2.45) is 0 Å². The predicted molar refractivity (Wildman–Crippen MR) is 83.5 cm³/mol. The number of nitrogens with zero attached hydrogens (tertiary/aromatic N) is 3. The van der Waals surface area contributed by atoms with Crippen LogP contribution in [-0.2, 0) is 4.74 Å². The van der Waals surface area contributed by atoms with Gasteiger partial charge in [-0.15, -0.1) is 0 Å². The summed E-state index contributed by atoms with van der Waals surface area (Å²) in [7, 11) is 0. The fourth-order valence-corrected chi connectivity index (χ4v) is 2.50. The molecule has 0 atom stereocenters. The number of H-pyrrole nitrogens is 1. The maximum absolute atomic E-state index is 12.9. The number of aryl methyl sites for hydroxylation is 1. The average molecular weight is 337 g/mol. The summed E-state index contributed by atoms with van der Waals surface area (Å²) in [6.45, 7) is 4.25. The first-order valence-electron chi connectivity index (χ1n) is 7.49. The number of morpholine rings is 1. The van der Waals surface area contributed by atoms with Gasteiger partial charge < -0.3 is 15.0 Å². The van der Waals surface area contributed by atoms with E-state index in [2.05, 4.69) is 25.4 Å². The highest BCUT2D eigenvalue weighted by atomic mass is 19.3. The zero-order chi connectivity index (χ0) is 17.1. The Bertz CT molecular complexity index is 728. The van der Waals surface area contributed by atoms with Gasteiger partial charge in [0.05, 0.1) is 24.6 Å². The Balaban J connectivity index is 1.79. The number of amides is 1. The molecule has 2 aromatic heterocycles. The number of ether oxygens (including phenoxy) is 1. The molecule has 0 bridgehead atoms. The number of carbonyl (C=O) groups is 1. The van der Waals surface area contributed by atoms with Crippen molar-refractivity contribution < 1.29 is 18.3 Å². The lowest BCUT2D eigenvalue weighted by atomic mass is 10.2. The zero-order valence-corrected chi connectivity index (χ0v) is 13.1. The molecule has 0 aliphatic carbocycles. The van der Waals surface area contributed by atoms with Crippen molar-refractivity contribution in [2.75, 3.05) is 36.5 Å². The lowest BCUT2D eigenvalue weighted by molar-refractivity contribution is 0.102. The summed E-state index contributed by atoms with van der Waals surface area (Å²) < 4.78 is 31.2. The van der Waals surface area contributed by atoms with E-state index in [1.165, 1.54) is 6.20 Å². The minimum Gasteiger partial charge on any atom is -0.378 e. The van der Waals surface area contributed by atoms with E-state index in [0.717, 1.165) is 18.8 Å². The van der Waals surface area contributed by atoms with Gasteiger partial charge in [0, 0.05) is 25.0 Å². The number of pyridine rings is 1. The summed E-state index contributed by atoms with van der Waals surface area (Å²) in [5.41, 5.74) is 0.873. The molecule has 1 aliphatic rings. The summed E-state index contributed by atoms with van der Waals surface area (Å²) in [4.78, 5) is 18.5. The number of rotatable bonds is 4. The van der Waals surface area contributed by atoms with Gasteiger partial charge in [0.25, 0.3) is 12.3 Å². The third-order valence-corrected chi connectivity index (χ3v) is 3.77. The molecular weight excluding hydrogens is 320 g/mol. The monoisotopic (exact) mass is 337 g/mol. The van der Waals surface area contributed by atoms with Crippen LogP contribution >= 0.6 is 0 Å². The smallest absolute Gasteiger partial charge is 0.284 e. The first-order chi connectivity index (χ1) is 11.6. The van der Waals surface area contributed by atoms with E-state index in [4.69, 9.17) is 4.74 Å². The SMILES string of the molecule is Cc1[nH]nc(C(F)F)c1NC(=O)c1cc(N2CCOCC2)ccn1. The third kappa shape index (κ3) is 3.35. The molecule has 0 aromatic carbocycles. The molecule has 0 saturated carbocycles. The van der Waals surface area contributed by atoms with Gasteiger partial charge in [-0.3, -0.25) is 14.9 Å². The quantitative estimate of drug-likeness (QED) is 0.893. The normalized spacial score (nSPS) is 14.9. The van der Waals surface area contributed by atoms with Crippen molar-refractivity contribution >= 4 is 17.3 Å². The first-order valence-corrected chi connectivity index (χ1v) is 7.49. The van der Waals surface area contributed by atoms with Crippen molar-refractivity contribution in [3.8, 4) is 0 Å². The van der Waals surface area contributed by atoms with Crippen LogP contribution < -0.4 is 10.2 Å². The Morgan fingerprint density at radius 3 is 2.88 bits per heavy atom. The number of alkyl halides is 2. The van der Waals surface area contributed by atoms with Gasteiger partial charge in [0.1, 0.15) is 5.69 Å². The van der Waals surface area contributed by atoms with Gasteiger partial charge >= 0.3 is 0 Å². The molecular formula is C15H17F2N5O2. The molecule has 0 unspecified atom stereocenters. The van der Waals surface area contributed by atoms with Crippen LogP contribution in [0.5, 0.6) is 0 Å². The van der Waals surface area contributed by atoms with E-state index >= 15 is 0 Å². The second kappa shape index (κ2) is 6.91. The van der Waals surface area contributed by atoms with Gasteiger partial charge in [-0.1, -0.05) is 0 Å². The number of hydrogen-bond acceptors (Lipinski definition) is 5. The summed E-state index contributed by atoms with van der Waals surface area (Å²) in [6, 6.07) is 3.44. The van der Waals surface area contributed by atoms with Crippen LogP contribution in [0.4, 0.5) is 20.2 Å². The van der Waals surface area contributed by atoms with E-state index in [-0.39, 0.29) is 11.4 Å². The Morgan fingerprint density at radius 1 is 1.42 bits per heavy atom. The van der Waals surface area contributed by atoms with Crippen LogP contribution in [0.15, 0.2) is 18.3 Å². The molecule has 3 heterocycles. The van der Waals surface area contributed by atoms with Gasteiger partial charge in [-0.05, 0) is 19.1 Å². The number of aromatic amines is 1. The van der Waals surface area contributed by atoms with E-state index < -0.39 is 18.0 Å². The van der Waals surface area contributed by atoms with E-state index in [1.54, 1.807) is 19.1 Å². The third-order valence-electron chi connectivity index (χ3n) is 3.77. The minimum atomic E-state index is -2.78. The summed E-state index contributed by atoms with van der Waals surface area (Å²) in [6.07, 6.45) is -1.26. The molecule has 3 rings (SSSR count). The van der Waals surface area contributed by atoms with Crippen LogP contribution in [0.2, 0.25) is 0 Å². The summed E-state index contributed by atoms with van der Waals surface area (Å²) in [5, 5.41) is 8.44. The Labute approximate surface area is 137 Å². The number of anilines is 2. The van der Waals surface area contributed by atoms with Crippen LogP contribution in [0.3, 0.4) is 0 Å². The molecule has 1 aliphatic heterocycles. The van der Waals surface area contributed by atoms with E-state index in [0.29, 0.717) is 18.9 Å². The molecule has 2 N–H and O–H groups in total. The first kappa shape index (κ1) is 16.3. The Kier molecular flexibility index (Phi) is 4.70. The highest BCUT2D eigenvalue weighted by Gasteiger charge is 2.22. The molecule has 0 spiro atoms. The topological polar surface area (TPSA) is 83.1 Å². The van der Waals surface area contributed by atoms with Crippen LogP contribution in [0.25, 0.3) is 0 Å². The fraction of sp³-hybridized carbons (Fsp3) is 0.400. The Hall–Kier alpha value is -2.55. The minimum absolute atomic E-state index is 0.00595. The number of nitrogens with one attached hydrogen (secondary N) is 2. The molecule has 7 nitrogen and oxygen atoms in total. The number of hydrogen-bond donors (Lipinski definition) is 2. The largest absolute Gasteiger partial charge is 0.378 e. The fourth-order valence-electron chi connectivity index (χ4n) is 2.50. The molecule has 128 valence electrons. The lowest BCUT2D eigenvalue weighted by Crippen LogP contribution is -2.36. The van der Waals surface area contributed by atoms with Crippen molar-refractivity contribution in [3.05, 3.63) is 35.4 Å². The van der Waals surface area contributed by atoms with Crippen molar-refractivity contribution in [1.82, 2.24) is 15.2 Å². The van der Waals surface area contributed by atoms with E-state index in [1.807, 2.05) is 0 Å².